The summed E-state index contributed by atoms with van der Waals surface area (Å²) < 4.78 is 25.3. The largest absolute Gasteiger partial charge is 0.313 e. The Bertz CT molecular complexity index is 454. The van der Waals surface area contributed by atoms with E-state index < -0.39 is 15.1 Å². The van der Waals surface area contributed by atoms with Crippen molar-refractivity contribution in [1.82, 2.24) is 5.32 Å². The summed E-state index contributed by atoms with van der Waals surface area (Å²) in [4.78, 5) is 0.374. The third-order valence-electron chi connectivity index (χ3n) is 2.49. The van der Waals surface area contributed by atoms with Crippen LogP contribution in [0.3, 0.4) is 0 Å². The third kappa shape index (κ3) is 4.08. The first-order valence-electron chi connectivity index (χ1n) is 5.57. The van der Waals surface area contributed by atoms with Gasteiger partial charge >= 0.3 is 0 Å². The van der Waals surface area contributed by atoms with Crippen LogP contribution in [0.15, 0.2) is 33.6 Å². The zero-order valence-electron chi connectivity index (χ0n) is 10.3. The van der Waals surface area contributed by atoms with Crippen molar-refractivity contribution in [3.63, 3.8) is 0 Å². The summed E-state index contributed by atoms with van der Waals surface area (Å²) in [6, 6.07) is 7.04. The van der Waals surface area contributed by atoms with Gasteiger partial charge in [0.25, 0.3) is 0 Å². The van der Waals surface area contributed by atoms with Gasteiger partial charge in [0, 0.05) is 17.1 Å². The molecular weight excluding hydrogens is 302 g/mol. The van der Waals surface area contributed by atoms with Crippen LogP contribution in [-0.4, -0.2) is 26.3 Å². The van der Waals surface area contributed by atoms with Gasteiger partial charge in [0.15, 0.2) is 9.84 Å². The lowest BCUT2D eigenvalue weighted by atomic mass is 10.3. The van der Waals surface area contributed by atoms with Crippen molar-refractivity contribution in [3.05, 3.63) is 28.7 Å². The van der Waals surface area contributed by atoms with Crippen LogP contribution >= 0.6 is 15.9 Å². The molecule has 1 N–H and O–H groups in total. The van der Waals surface area contributed by atoms with Crippen LogP contribution < -0.4 is 5.32 Å². The molecule has 0 bridgehead atoms. The van der Waals surface area contributed by atoms with Gasteiger partial charge in [0.05, 0.1) is 10.1 Å². The number of rotatable bonds is 5. The van der Waals surface area contributed by atoms with Gasteiger partial charge in [0.2, 0.25) is 0 Å². The maximum Gasteiger partial charge on any atom is 0.182 e. The van der Waals surface area contributed by atoms with Gasteiger partial charge in [-0.3, -0.25) is 0 Å². The lowest BCUT2D eigenvalue weighted by Gasteiger charge is -2.15. The molecule has 0 saturated carbocycles. The predicted octanol–water partition coefficient (Wildman–Crippen LogP) is 2.61. The van der Waals surface area contributed by atoms with Crippen molar-refractivity contribution < 1.29 is 8.42 Å². The van der Waals surface area contributed by atoms with Crippen LogP contribution in [0, 0.1) is 0 Å². The fourth-order valence-corrected chi connectivity index (χ4v) is 2.93. The lowest BCUT2D eigenvalue weighted by molar-refractivity contribution is 0.550. The Labute approximate surface area is 112 Å². The molecule has 1 aromatic carbocycles. The van der Waals surface area contributed by atoms with Crippen LogP contribution in [0.1, 0.15) is 20.8 Å². The molecule has 0 amide bonds. The number of hydrogen-bond donors (Lipinski definition) is 1. The van der Waals surface area contributed by atoms with Gasteiger partial charge in [-0.1, -0.05) is 29.8 Å². The van der Waals surface area contributed by atoms with Crippen molar-refractivity contribution in [1.29, 1.82) is 0 Å². The Balaban J connectivity index is 2.84. The summed E-state index contributed by atoms with van der Waals surface area (Å²) in [5, 5.41) is 2.72. The van der Waals surface area contributed by atoms with E-state index in [4.69, 9.17) is 0 Å². The molecule has 1 unspecified atom stereocenters. The smallest absolute Gasteiger partial charge is 0.182 e. The molecule has 0 aliphatic heterocycles. The molecular formula is C12H18BrNO2S. The number of sulfone groups is 1. The summed E-state index contributed by atoms with van der Waals surface area (Å²) in [5.41, 5.74) is 0. The van der Waals surface area contributed by atoms with Crippen molar-refractivity contribution in [2.24, 2.45) is 0 Å². The minimum absolute atomic E-state index is 0.289. The summed E-state index contributed by atoms with van der Waals surface area (Å²) in [6.45, 7) is 6.20. The summed E-state index contributed by atoms with van der Waals surface area (Å²) >= 11 is 3.29. The second kappa shape index (κ2) is 5.98. The minimum atomic E-state index is -3.23. The highest BCUT2D eigenvalue weighted by Gasteiger charge is 2.22. The molecule has 0 saturated heterocycles. The molecule has 0 spiro atoms. The monoisotopic (exact) mass is 319 g/mol. The van der Waals surface area contributed by atoms with E-state index >= 15 is 0 Å². The van der Waals surface area contributed by atoms with Crippen LogP contribution in [0.2, 0.25) is 0 Å². The highest BCUT2D eigenvalue weighted by molar-refractivity contribution is 9.10. The first kappa shape index (κ1) is 14.7. The highest BCUT2D eigenvalue weighted by atomic mass is 79.9. The van der Waals surface area contributed by atoms with Crippen LogP contribution in [0.25, 0.3) is 0 Å². The van der Waals surface area contributed by atoms with E-state index in [0.717, 1.165) is 4.47 Å². The molecule has 0 aromatic heterocycles. The van der Waals surface area contributed by atoms with Gasteiger partial charge in [-0.15, -0.1) is 0 Å². The number of halogens is 1. The number of nitrogens with one attached hydrogen (secondary N) is 1. The summed E-state index contributed by atoms with van der Waals surface area (Å²) in [6.07, 6.45) is 0. The second-order valence-corrected chi connectivity index (χ2v) is 7.65. The summed E-state index contributed by atoms with van der Waals surface area (Å²) in [7, 11) is -3.23. The van der Waals surface area contributed by atoms with Gasteiger partial charge in [-0.05, 0) is 31.2 Å². The maximum absolute atomic E-state index is 12.2. The number of hydrogen-bond acceptors (Lipinski definition) is 3. The van der Waals surface area contributed by atoms with Gasteiger partial charge < -0.3 is 5.32 Å². The molecule has 1 atom stereocenters. The van der Waals surface area contributed by atoms with Crippen molar-refractivity contribution >= 4 is 25.8 Å². The van der Waals surface area contributed by atoms with Gasteiger partial charge in [0.1, 0.15) is 0 Å². The SMILES string of the molecule is CC(C)NCC(C)S(=O)(=O)c1ccc(Br)cc1. The van der Waals surface area contributed by atoms with Crippen LogP contribution in [-0.2, 0) is 9.84 Å². The average Bonchev–Trinajstić information content (AvgIpc) is 2.26. The normalized spacial score (nSPS) is 13.9. The van der Waals surface area contributed by atoms with E-state index in [0.29, 0.717) is 11.4 Å². The van der Waals surface area contributed by atoms with Crippen molar-refractivity contribution in [3.8, 4) is 0 Å². The molecule has 0 aliphatic rings. The average molecular weight is 320 g/mol. The Hall–Kier alpha value is -0.390. The zero-order chi connectivity index (χ0) is 13.1. The Morgan fingerprint density at radius 3 is 2.18 bits per heavy atom. The van der Waals surface area contributed by atoms with E-state index in [2.05, 4.69) is 21.2 Å². The van der Waals surface area contributed by atoms with E-state index in [1.807, 2.05) is 13.8 Å². The fourth-order valence-electron chi connectivity index (χ4n) is 1.37. The van der Waals surface area contributed by atoms with E-state index in [1.54, 1.807) is 31.2 Å². The molecule has 0 fully saturated rings. The lowest BCUT2D eigenvalue weighted by Crippen LogP contribution is -2.34. The molecule has 17 heavy (non-hydrogen) atoms. The van der Waals surface area contributed by atoms with E-state index in [-0.39, 0.29) is 6.04 Å². The Kier molecular flexibility index (Phi) is 5.16. The van der Waals surface area contributed by atoms with Crippen molar-refractivity contribution in [2.75, 3.05) is 6.54 Å². The first-order valence-corrected chi connectivity index (χ1v) is 7.91. The van der Waals surface area contributed by atoms with E-state index in [9.17, 15) is 8.42 Å². The Morgan fingerprint density at radius 1 is 1.18 bits per heavy atom. The first-order chi connectivity index (χ1) is 7.84. The number of benzene rings is 1. The van der Waals surface area contributed by atoms with Crippen LogP contribution in [0.5, 0.6) is 0 Å². The molecule has 3 nitrogen and oxygen atoms in total. The minimum Gasteiger partial charge on any atom is -0.313 e. The predicted molar refractivity (Wildman–Crippen MR) is 73.9 cm³/mol. The highest BCUT2D eigenvalue weighted by Crippen LogP contribution is 2.18. The van der Waals surface area contributed by atoms with E-state index in [1.165, 1.54) is 0 Å². The second-order valence-electron chi connectivity index (χ2n) is 4.37. The van der Waals surface area contributed by atoms with Crippen molar-refractivity contribution in [2.45, 2.75) is 37.0 Å². The molecule has 0 heterocycles. The summed E-state index contributed by atoms with van der Waals surface area (Å²) in [5.74, 6) is 0. The molecule has 5 heteroatoms. The molecule has 0 aliphatic carbocycles. The zero-order valence-corrected chi connectivity index (χ0v) is 12.7. The third-order valence-corrected chi connectivity index (χ3v) is 5.17. The topological polar surface area (TPSA) is 46.2 Å². The maximum atomic E-state index is 12.2. The van der Waals surface area contributed by atoms with Crippen LogP contribution in [0.4, 0.5) is 0 Å². The molecule has 1 rings (SSSR count). The molecule has 0 radical (unpaired) electrons. The van der Waals surface area contributed by atoms with Gasteiger partial charge in [-0.2, -0.15) is 0 Å². The molecule has 96 valence electrons. The van der Waals surface area contributed by atoms with Gasteiger partial charge in [-0.25, -0.2) is 8.42 Å². The fraction of sp³-hybridized carbons (Fsp3) is 0.500. The standard InChI is InChI=1S/C12H18BrNO2S/c1-9(2)14-8-10(3)17(15,16)12-6-4-11(13)5-7-12/h4-7,9-10,14H,8H2,1-3H3. The Morgan fingerprint density at radius 2 is 1.71 bits per heavy atom. The molecule has 1 aromatic rings. The quantitative estimate of drug-likeness (QED) is 0.907.